The number of nitrogens with zero attached hydrogens (tertiary/aromatic N) is 2. The first-order valence-electron chi connectivity index (χ1n) is 12.4. The molecule has 38 heavy (non-hydrogen) atoms. The van der Waals surface area contributed by atoms with E-state index < -0.39 is 23.9 Å². The SMILES string of the molecule is Cc1nc(-c2onc(C)c2NC(=O)O[C@@H](C)c2ccccc2C(F)(F)F)ccc1NC(=O)C1CCCCC1. The van der Waals surface area contributed by atoms with E-state index in [9.17, 15) is 22.8 Å². The highest BCUT2D eigenvalue weighted by atomic mass is 19.4. The Labute approximate surface area is 218 Å². The van der Waals surface area contributed by atoms with Crippen LogP contribution in [0.25, 0.3) is 11.5 Å². The van der Waals surface area contributed by atoms with Crippen LogP contribution in [-0.2, 0) is 15.7 Å². The number of amides is 2. The van der Waals surface area contributed by atoms with Crippen LogP contribution in [0.15, 0.2) is 40.9 Å². The van der Waals surface area contributed by atoms with Crippen molar-refractivity contribution in [1.29, 1.82) is 0 Å². The highest BCUT2D eigenvalue weighted by Gasteiger charge is 2.35. The molecule has 2 N–H and O–H groups in total. The number of carbonyl (C=O) groups is 2. The van der Waals surface area contributed by atoms with Gasteiger partial charge in [-0.1, -0.05) is 42.6 Å². The summed E-state index contributed by atoms with van der Waals surface area (Å²) in [6.07, 6.45) is -1.75. The molecular weight excluding hydrogens is 501 g/mol. The fraction of sp³-hybridized carbons (Fsp3) is 0.407. The molecule has 0 radical (unpaired) electrons. The van der Waals surface area contributed by atoms with Gasteiger partial charge in [-0.25, -0.2) is 9.78 Å². The van der Waals surface area contributed by atoms with Crippen molar-refractivity contribution in [3.05, 3.63) is 58.9 Å². The third kappa shape index (κ3) is 6.15. The van der Waals surface area contributed by atoms with E-state index in [0.717, 1.165) is 38.2 Å². The maximum atomic E-state index is 13.4. The standard InChI is InChI=1S/C27H29F3N4O4/c1-15-21(32-25(35)18-9-5-4-6-10-18)13-14-22(31-15)24-23(16(2)34-38-24)33-26(36)37-17(3)19-11-7-8-12-20(19)27(28,29)30/h7-8,11-14,17-18H,4-6,9-10H2,1-3H3,(H,32,35)(H,33,36)/t17-/m0/s1. The highest BCUT2D eigenvalue weighted by molar-refractivity contribution is 5.94. The number of carbonyl (C=O) groups excluding carboxylic acids is 2. The first kappa shape index (κ1) is 27.2. The fourth-order valence-electron chi connectivity index (χ4n) is 4.58. The number of halogens is 3. The molecule has 1 atom stereocenters. The lowest BCUT2D eigenvalue weighted by atomic mass is 9.88. The van der Waals surface area contributed by atoms with Crippen LogP contribution in [0.3, 0.4) is 0 Å². The van der Waals surface area contributed by atoms with Crippen molar-refractivity contribution in [2.75, 3.05) is 10.6 Å². The number of hydrogen-bond acceptors (Lipinski definition) is 6. The Kier molecular flexibility index (Phi) is 8.03. The minimum Gasteiger partial charge on any atom is -0.441 e. The third-order valence-corrected chi connectivity index (χ3v) is 6.63. The van der Waals surface area contributed by atoms with E-state index in [1.165, 1.54) is 25.1 Å². The van der Waals surface area contributed by atoms with Gasteiger partial charge in [-0.15, -0.1) is 0 Å². The zero-order valence-corrected chi connectivity index (χ0v) is 21.3. The Bertz CT molecular complexity index is 1320. The molecule has 11 heteroatoms. The lowest BCUT2D eigenvalue weighted by molar-refractivity contribution is -0.139. The molecule has 1 saturated carbocycles. The quantitative estimate of drug-likeness (QED) is 0.349. The van der Waals surface area contributed by atoms with Crippen molar-refractivity contribution in [2.24, 2.45) is 5.92 Å². The van der Waals surface area contributed by atoms with Crippen molar-refractivity contribution in [3.63, 3.8) is 0 Å². The minimum atomic E-state index is -4.59. The number of nitrogens with one attached hydrogen (secondary N) is 2. The number of alkyl halides is 3. The predicted molar refractivity (Wildman–Crippen MR) is 134 cm³/mol. The molecule has 8 nitrogen and oxygen atoms in total. The van der Waals surface area contributed by atoms with Gasteiger partial charge in [-0.2, -0.15) is 13.2 Å². The van der Waals surface area contributed by atoms with Crippen LogP contribution in [0.5, 0.6) is 0 Å². The number of aromatic nitrogens is 2. The maximum Gasteiger partial charge on any atom is 0.416 e. The van der Waals surface area contributed by atoms with Crippen molar-refractivity contribution >= 4 is 23.4 Å². The van der Waals surface area contributed by atoms with E-state index in [1.807, 2.05) is 0 Å². The molecular formula is C27H29F3N4O4. The summed E-state index contributed by atoms with van der Waals surface area (Å²) in [5, 5.41) is 9.35. The molecule has 1 aliphatic carbocycles. The summed E-state index contributed by atoms with van der Waals surface area (Å²) in [5.41, 5.74) is 0.937. The van der Waals surface area contributed by atoms with Gasteiger partial charge in [0.05, 0.1) is 16.9 Å². The topological polar surface area (TPSA) is 106 Å². The average molecular weight is 531 g/mol. The Morgan fingerprint density at radius 2 is 1.74 bits per heavy atom. The molecule has 2 aromatic heterocycles. The Hall–Kier alpha value is -3.89. The largest absolute Gasteiger partial charge is 0.441 e. The fourth-order valence-corrected chi connectivity index (χ4v) is 4.58. The smallest absolute Gasteiger partial charge is 0.416 e. The Morgan fingerprint density at radius 1 is 1.03 bits per heavy atom. The third-order valence-electron chi connectivity index (χ3n) is 6.63. The van der Waals surface area contributed by atoms with Gasteiger partial charge >= 0.3 is 12.3 Å². The molecule has 2 heterocycles. The number of ether oxygens (including phenoxy) is 1. The summed E-state index contributed by atoms with van der Waals surface area (Å²) in [7, 11) is 0. The second-order valence-corrected chi connectivity index (χ2v) is 9.38. The summed E-state index contributed by atoms with van der Waals surface area (Å²) >= 11 is 0. The molecule has 0 aliphatic heterocycles. The number of aryl methyl sites for hydroxylation is 2. The van der Waals surface area contributed by atoms with Gasteiger partial charge in [-0.3, -0.25) is 10.1 Å². The highest BCUT2D eigenvalue weighted by Crippen LogP contribution is 2.36. The molecule has 1 aliphatic rings. The second-order valence-electron chi connectivity index (χ2n) is 9.38. The number of benzene rings is 1. The summed E-state index contributed by atoms with van der Waals surface area (Å²) in [6.45, 7) is 4.69. The van der Waals surface area contributed by atoms with Crippen molar-refractivity contribution in [2.45, 2.75) is 65.2 Å². The van der Waals surface area contributed by atoms with Gasteiger partial charge in [0.1, 0.15) is 23.2 Å². The summed E-state index contributed by atoms with van der Waals surface area (Å²) in [4.78, 5) is 29.8. The molecule has 202 valence electrons. The molecule has 0 bridgehead atoms. The van der Waals surface area contributed by atoms with Crippen molar-refractivity contribution in [1.82, 2.24) is 10.1 Å². The maximum absolute atomic E-state index is 13.4. The van der Waals surface area contributed by atoms with Crippen LogP contribution in [0, 0.1) is 19.8 Å². The van der Waals surface area contributed by atoms with Crippen molar-refractivity contribution in [3.8, 4) is 11.5 Å². The van der Waals surface area contributed by atoms with E-state index in [0.29, 0.717) is 22.8 Å². The molecule has 0 unspecified atom stereocenters. The number of pyridine rings is 1. The zero-order valence-electron chi connectivity index (χ0n) is 21.3. The van der Waals surface area contributed by atoms with Crippen LogP contribution in [0.1, 0.15) is 67.6 Å². The Balaban J connectivity index is 1.47. The van der Waals surface area contributed by atoms with Crippen LogP contribution in [0.2, 0.25) is 0 Å². The van der Waals surface area contributed by atoms with Crippen LogP contribution in [-0.4, -0.2) is 22.1 Å². The normalized spacial score (nSPS) is 15.1. The predicted octanol–water partition coefficient (Wildman–Crippen LogP) is 7.20. The van der Waals surface area contributed by atoms with Gasteiger partial charge < -0.3 is 14.6 Å². The van der Waals surface area contributed by atoms with Crippen molar-refractivity contribution < 1.29 is 32.0 Å². The Morgan fingerprint density at radius 3 is 2.42 bits per heavy atom. The molecule has 1 aromatic carbocycles. The number of rotatable bonds is 6. The van der Waals surface area contributed by atoms with E-state index >= 15 is 0 Å². The molecule has 2 amide bonds. The monoisotopic (exact) mass is 530 g/mol. The summed E-state index contributed by atoms with van der Waals surface area (Å²) in [5.74, 6) is 0.118. The molecule has 0 spiro atoms. The van der Waals surface area contributed by atoms with Gasteiger partial charge in [0, 0.05) is 11.5 Å². The minimum absolute atomic E-state index is 0.00736. The van der Waals surface area contributed by atoms with Gasteiger partial charge in [0.15, 0.2) is 0 Å². The summed E-state index contributed by atoms with van der Waals surface area (Å²) < 4.78 is 50.7. The van der Waals surface area contributed by atoms with E-state index in [1.54, 1.807) is 26.0 Å². The molecule has 3 aromatic rings. The molecule has 4 rings (SSSR count). The number of hydrogen-bond donors (Lipinski definition) is 2. The lowest BCUT2D eigenvalue weighted by Crippen LogP contribution is -2.25. The van der Waals surface area contributed by atoms with E-state index in [4.69, 9.17) is 9.26 Å². The first-order chi connectivity index (χ1) is 18.0. The first-order valence-corrected chi connectivity index (χ1v) is 12.4. The van der Waals surface area contributed by atoms with Crippen LogP contribution in [0.4, 0.5) is 29.3 Å². The molecule has 1 fully saturated rings. The van der Waals surface area contributed by atoms with E-state index in [2.05, 4.69) is 20.8 Å². The van der Waals surface area contributed by atoms with Gasteiger partial charge in [-0.05, 0) is 51.8 Å². The van der Waals surface area contributed by atoms with Gasteiger partial charge in [0.2, 0.25) is 11.7 Å². The van der Waals surface area contributed by atoms with Crippen LogP contribution < -0.4 is 10.6 Å². The lowest BCUT2D eigenvalue weighted by Gasteiger charge is -2.21. The summed E-state index contributed by atoms with van der Waals surface area (Å²) in [6, 6.07) is 8.24. The second kappa shape index (κ2) is 11.2. The van der Waals surface area contributed by atoms with Crippen LogP contribution >= 0.6 is 0 Å². The number of anilines is 2. The van der Waals surface area contributed by atoms with Gasteiger partial charge in [0.25, 0.3) is 0 Å². The molecule has 0 saturated heterocycles. The average Bonchev–Trinajstić information content (AvgIpc) is 3.24. The zero-order chi connectivity index (χ0) is 27.4. The van der Waals surface area contributed by atoms with E-state index in [-0.39, 0.29) is 28.8 Å².